The van der Waals surface area contributed by atoms with Crippen molar-refractivity contribution in [2.75, 3.05) is 16.8 Å². The molecule has 0 aromatic heterocycles. The second-order valence-electron chi connectivity index (χ2n) is 6.19. The number of nitrogens with two attached hydrogens (primary N) is 1. The predicted octanol–water partition coefficient (Wildman–Crippen LogP) is 1.64. The SMILES string of the molecule is Nc1ccc(NC(=O)CCCCC2SCC3NC(=O)NC32)c(O)c1. The highest BCUT2D eigenvalue weighted by molar-refractivity contribution is 8.00. The Morgan fingerprint density at radius 2 is 2.21 bits per heavy atom. The number of urea groups is 1. The summed E-state index contributed by atoms with van der Waals surface area (Å²) in [5.74, 6) is 0.800. The van der Waals surface area contributed by atoms with Crippen LogP contribution in [0.4, 0.5) is 16.2 Å². The molecule has 2 heterocycles. The molecule has 130 valence electrons. The summed E-state index contributed by atoms with van der Waals surface area (Å²) in [5, 5.41) is 18.7. The molecule has 2 saturated heterocycles. The normalized spacial score (nSPS) is 25.0. The molecule has 0 bridgehead atoms. The minimum absolute atomic E-state index is 0.0266. The highest BCUT2D eigenvalue weighted by Crippen LogP contribution is 2.33. The number of carbonyl (C=O) groups is 2. The molecule has 2 aliphatic heterocycles. The van der Waals surface area contributed by atoms with Gasteiger partial charge in [0.1, 0.15) is 5.75 Å². The Bertz CT molecular complexity index is 640. The number of anilines is 2. The van der Waals surface area contributed by atoms with Gasteiger partial charge >= 0.3 is 6.03 Å². The number of phenolic OH excluding ortho intramolecular Hbond substituents is 1. The number of carbonyl (C=O) groups excluding carboxylic acids is 2. The number of unbranched alkanes of at least 4 members (excludes halogenated alkanes) is 1. The van der Waals surface area contributed by atoms with Crippen LogP contribution in [0.1, 0.15) is 25.7 Å². The van der Waals surface area contributed by atoms with Crippen LogP contribution in [0.2, 0.25) is 0 Å². The van der Waals surface area contributed by atoms with Crippen LogP contribution < -0.4 is 21.7 Å². The second-order valence-corrected chi connectivity index (χ2v) is 7.46. The fraction of sp³-hybridized carbons (Fsp3) is 0.500. The predicted molar refractivity (Wildman–Crippen MR) is 95.1 cm³/mol. The van der Waals surface area contributed by atoms with Crippen molar-refractivity contribution in [3.63, 3.8) is 0 Å². The molecule has 0 aliphatic carbocycles. The van der Waals surface area contributed by atoms with Crippen molar-refractivity contribution >= 4 is 35.1 Å². The smallest absolute Gasteiger partial charge is 0.315 e. The van der Waals surface area contributed by atoms with E-state index in [1.54, 1.807) is 12.1 Å². The van der Waals surface area contributed by atoms with Crippen molar-refractivity contribution in [3.8, 4) is 5.75 Å². The molecule has 3 atom stereocenters. The maximum atomic E-state index is 11.9. The van der Waals surface area contributed by atoms with E-state index in [1.807, 2.05) is 11.8 Å². The largest absolute Gasteiger partial charge is 0.506 e. The molecule has 3 rings (SSSR count). The fourth-order valence-electron chi connectivity index (χ4n) is 3.14. The Labute approximate surface area is 144 Å². The Morgan fingerprint density at radius 1 is 1.38 bits per heavy atom. The number of aromatic hydroxyl groups is 1. The molecule has 0 spiro atoms. The van der Waals surface area contributed by atoms with Gasteiger partial charge in [0.2, 0.25) is 5.91 Å². The number of hydrogen-bond donors (Lipinski definition) is 5. The minimum Gasteiger partial charge on any atom is -0.506 e. The lowest BCUT2D eigenvalue weighted by Crippen LogP contribution is -2.36. The molecule has 8 heteroatoms. The average Bonchev–Trinajstić information content (AvgIpc) is 3.06. The minimum atomic E-state index is -0.122. The molecular formula is C16H22N4O3S. The standard InChI is InChI=1S/C16H22N4O3S/c17-9-5-6-10(12(21)7-9)18-14(22)4-2-1-3-13-15-11(8-24-13)19-16(23)20-15/h5-7,11,13,15,21H,1-4,8,17H2,(H,18,22)(H2,19,20,23). The van der Waals surface area contributed by atoms with Crippen LogP contribution in [0.5, 0.6) is 5.75 Å². The van der Waals surface area contributed by atoms with Gasteiger partial charge < -0.3 is 26.8 Å². The summed E-state index contributed by atoms with van der Waals surface area (Å²) >= 11 is 1.88. The quantitative estimate of drug-likeness (QED) is 0.231. The Hall–Kier alpha value is -2.09. The van der Waals surface area contributed by atoms with Crippen molar-refractivity contribution in [1.82, 2.24) is 10.6 Å². The molecule has 3 unspecified atom stereocenters. The number of hydrogen-bond acceptors (Lipinski definition) is 5. The van der Waals surface area contributed by atoms with Gasteiger partial charge in [-0.15, -0.1) is 0 Å². The highest BCUT2D eigenvalue weighted by Gasteiger charge is 2.42. The number of phenols is 1. The first-order chi connectivity index (χ1) is 11.5. The van der Waals surface area contributed by atoms with Crippen molar-refractivity contribution in [2.45, 2.75) is 43.0 Å². The van der Waals surface area contributed by atoms with Gasteiger partial charge in [-0.25, -0.2) is 4.79 Å². The van der Waals surface area contributed by atoms with E-state index in [9.17, 15) is 14.7 Å². The summed E-state index contributed by atoms with van der Waals surface area (Å²) < 4.78 is 0. The van der Waals surface area contributed by atoms with Gasteiger partial charge in [0.25, 0.3) is 0 Å². The Kier molecular flexibility index (Phi) is 5.03. The highest BCUT2D eigenvalue weighted by atomic mass is 32.2. The van der Waals surface area contributed by atoms with Gasteiger partial charge in [0, 0.05) is 29.2 Å². The molecule has 7 nitrogen and oxygen atoms in total. The number of rotatable bonds is 6. The van der Waals surface area contributed by atoms with Crippen LogP contribution in [0.25, 0.3) is 0 Å². The van der Waals surface area contributed by atoms with E-state index in [-0.39, 0.29) is 29.8 Å². The zero-order valence-corrected chi connectivity index (χ0v) is 14.1. The number of nitrogens with one attached hydrogen (secondary N) is 3. The lowest BCUT2D eigenvalue weighted by Gasteiger charge is -2.16. The van der Waals surface area contributed by atoms with Gasteiger partial charge in [0.15, 0.2) is 0 Å². The summed E-state index contributed by atoms with van der Waals surface area (Å²) in [6.45, 7) is 0. The summed E-state index contributed by atoms with van der Waals surface area (Å²) in [7, 11) is 0. The monoisotopic (exact) mass is 350 g/mol. The topological polar surface area (TPSA) is 116 Å². The zero-order chi connectivity index (χ0) is 17.1. The van der Waals surface area contributed by atoms with Crippen LogP contribution >= 0.6 is 11.8 Å². The molecule has 2 aliphatic rings. The number of fused-ring (bicyclic) bond motifs is 1. The molecule has 3 amide bonds. The Morgan fingerprint density at radius 3 is 3.00 bits per heavy atom. The fourth-order valence-corrected chi connectivity index (χ4v) is 4.68. The molecule has 0 saturated carbocycles. The zero-order valence-electron chi connectivity index (χ0n) is 13.2. The van der Waals surface area contributed by atoms with Crippen molar-refractivity contribution in [2.24, 2.45) is 0 Å². The summed E-state index contributed by atoms with van der Waals surface area (Å²) in [6, 6.07) is 5.01. The number of thioether (sulfide) groups is 1. The molecule has 1 aromatic rings. The van der Waals surface area contributed by atoms with Gasteiger partial charge in [-0.05, 0) is 25.0 Å². The van der Waals surface area contributed by atoms with Crippen LogP contribution in [0.3, 0.4) is 0 Å². The maximum absolute atomic E-state index is 11.9. The third-order valence-corrected chi connectivity index (χ3v) is 5.89. The summed E-state index contributed by atoms with van der Waals surface area (Å²) in [5.41, 5.74) is 6.38. The summed E-state index contributed by atoms with van der Waals surface area (Å²) in [4.78, 5) is 23.3. The van der Waals surface area contributed by atoms with E-state index in [1.165, 1.54) is 6.07 Å². The van der Waals surface area contributed by atoms with E-state index < -0.39 is 0 Å². The van der Waals surface area contributed by atoms with E-state index in [2.05, 4.69) is 16.0 Å². The molecular weight excluding hydrogens is 328 g/mol. The number of benzene rings is 1. The summed E-state index contributed by atoms with van der Waals surface area (Å²) in [6.07, 6.45) is 3.09. The molecule has 1 aromatic carbocycles. The van der Waals surface area contributed by atoms with Gasteiger partial charge in [-0.2, -0.15) is 11.8 Å². The second kappa shape index (κ2) is 7.21. The molecule has 6 N–H and O–H groups in total. The molecule has 24 heavy (non-hydrogen) atoms. The maximum Gasteiger partial charge on any atom is 0.315 e. The molecule has 0 radical (unpaired) electrons. The first kappa shape index (κ1) is 16.8. The lowest BCUT2D eigenvalue weighted by molar-refractivity contribution is -0.116. The van der Waals surface area contributed by atoms with E-state index in [4.69, 9.17) is 5.73 Å². The molecule has 2 fully saturated rings. The lowest BCUT2D eigenvalue weighted by atomic mass is 10.0. The van der Waals surface area contributed by atoms with Crippen LogP contribution in [0, 0.1) is 0 Å². The number of amides is 3. The van der Waals surface area contributed by atoms with E-state index >= 15 is 0 Å². The van der Waals surface area contributed by atoms with Crippen molar-refractivity contribution < 1.29 is 14.7 Å². The van der Waals surface area contributed by atoms with Gasteiger partial charge in [0.05, 0.1) is 17.8 Å². The van der Waals surface area contributed by atoms with Crippen LogP contribution in [-0.4, -0.2) is 40.1 Å². The van der Waals surface area contributed by atoms with Gasteiger partial charge in [-0.3, -0.25) is 4.79 Å². The Balaban J connectivity index is 1.37. The third-order valence-electron chi connectivity index (χ3n) is 4.38. The first-order valence-corrected chi connectivity index (χ1v) is 9.15. The van der Waals surface area contributed by atoms with Crippen LogP contribution in [0.15, 0.2) is 18.2 Å². The number of nitrogen functional groups attached to an aromatic ring is 1. The first-order valence-electron chi connectivity index (χ1n) is 8.10. The van der Waals surface area contributed by atoms with E-state index in [0.717, 1.165) is 25.0 Å². The van der Waals surface area contributed by atoms with Gasteiger partial charge in [-0.1, -0.05) is 6.42 Å². The van der Waals surface area contributed by atoms with Crippen LogP contribution in [-0.2, 0) is 4.79 Å². The van der Waals surface area contributed by atoms with Crippen molar-refractivity contribution in [3.05, 3.63) is 18.2 Å². The van der Waals surface area contributed by atoms with Crippen molar-refractivity contribution in [1.29, 1.82) is 0 Å². The average molecular weight is 350 g/mol. The van der Waals surface area contributed by atoms with E-state index in [0.29, 0.717) is 23.0 Å². The third kappa shape index (κ3) is 3.87.